The predicted octanol–water partition coefficient (Wildman–Crippen LogP) is 1.10. The molecule has 0 aliphatic rings. The van der Waals surface area contributed by atoms with Gasteiger partial charge < -0.3 is 15.8 Å². The van der Waals surface area contributed by atoms with Crippen LogP contribution in [0.3, 0.4) is 0 Å². The van der Waals surface area contributed by atoms with Crippen molar-refractivity contribution in [3.05, 3.63) is 80.3 Å². The van der Waals surface area contributed by atoms with Gasteiger partial charge in [0.05, 0.1) is 16.0 Å². The number of hydrogen-bond acceptors (Lipinski definition) is 7. The van der Waals surface area contributed by atoms with E-state index in [0.29, 0.717) is 5.56 Å². The minimum Gasteiger partial charge on any atom is -0.382 e. The number of fused-ring (bicyclic) bond motifs is 1. The molecule has 1 heterocycles. The van der Waals surface area contributed by atoms with E-state index in [-0.39, 0.29) is 33.2 Å². The number of thiocarbonyl (C=S) groups is 1. The number of aromatic amines is 1. The molecule has 0 spiro atoms. The number of rotatable bonds is 5. The molecule has 0 bridgehead atoms. The first-order chi connectivity index (χ1) is 13.4. The Morgan fingerprint density at radius 2 is 2.04 bits per heavy atom. The minimum absolute atomic E-state index is 0.111. The summed E-state index contributed by atoms with van der Waals surface area (Å²) in [5, 5.41) is 25.4. The lowest BCUT2D eigenvalue weighted by molar-refractivity contribution is -0.384. The van der Waals surface area contributed by atoms with Gasteiger partial charge in [0.15, 0.2) is 10.8 Å². The van der Waals surface area contributed by atoms with Crippen LogP contribution in [0.2, 0.25) is 0 Å². The highest BCUT2D eigenvalue weighted by Gasteiger charge is 2.23. The summed E-state index contributed by atoms with van der Waals surface area (Å²) in [4.78, 5) is 29.6. The van der Waals surface area contributed by atoms with E-state index < -0.39 is 16.6 Å². The zero-order chi connectivity index (χ0) is 20.3. The fourth-order valence-electron chi connectivity index (χ4n) is 2.51. The Balaban J connectivity index is 2.15. The summed E-state index contributed by atoms with van der Waals surface area (Å²) in [7, 11) is 0. The van der Waals surface area contributed by atoms with Crippen molar-refractivity contribution in [1.29, 1.82) is 0 Å². The van der Waals surface area contributed by atoms with Crippen LogP contribution in [0.4, 0.5) is 5.69 Å². The Hall–Kier alpha value is -3.70. The van der Waals surface area contributed by atoms with Gasteiger partial charge in [-0.3, -0.25) is 20.3 Å². The number of nitro groups is 1. The number of non-ortho nitro benzene ring substituents is 1. The van der Waals surface area contributed by atoms with Crippen LogP contribution in [0.25, 0.3) is 11.0 Å². The number of hydrogen-bond donors (Lipinski definition) is 4. The van der Waals surface area contributed by atoms with Crippen molar-refractivity contribution in [2.45, 2.75) is 6.10 Å². The lowest BCUT2D eigenvalue weighted by atomic mass is 10.0. The number of H-pyrrole nitrogens is 1. The topological polar surface area (TPSA) is 160 Å². The van der Waals surface area contributed by atoms with Crippen molar-refractivity contribution in [2.24, 2.45) is 10.8 Å². The van der Waals surface area contributed by atoms with Crippen LogP contribution >= 0.6 is 12.2 Å². The van der Waals surface area contributed by atoms with Crippen LogP contribution in [-0.2, 0) is 0 Å². The Morgan fingerprint density at radius 1 is 1.32 bits per heavy atom. The molecule has 142 valence electrons. The van der Waals surface area contributed by atoms with Gasteiger partial charge in [0.2, 0.25) is 0 Å². The Labute approximate surface area is 162 Å². The molecule has 0 radical (unpaired) electrons. The van der Waals surface area contributed by atoms with Crippen molar-refractivity contribution in [2.75, 3.05) is 0 Å². The largest absolute Gasteiger partial charge is 0.382 e. The number of nitrogens with two attached hydrogens (primary N) is 1. The first-order valence-corrected chi connectivity index (χ1v) is 8.32. The summed E-state index contributed by atoms with van der Waals surface area (Å²) in [6, 6.07) is 12.4. The number of aromatic nitrogens is 2. The van der Waals surface area contributed by atoms with Crippen molar-refractivity contribution in [1.82, 2.24) is 15.4 Å². The third-order valence-electron chi connectivity index (χ3n) is 3.79. The average molecular weight is 398 g/mol. The number of benzene rings is 2. The Morgan fingerprint density at radius 3 is 2.68 bits per heavy atom. The third-order valence-corrected chi connectivity index (χ3v) is 3.88. The molecule has 1 aromatic heterocycles. The molecule has 10 nitrogen and oxygen atoms in total. The molecule has 3 rings (SSSR count). The van der Waals surface area contributed by atoms with Gasteiger partial charge in [-0.1, -0.05) is 30.3 Å². The maximum absolute atomic E-state index is 12.6. The molecular formula is C17H14N6O4S. The fraction of sp³-hybridized carbons (Fsp3) is 0.0588. The van der Waals surface area contributed by atoms with E-state index in [0.717, 1.165) is 0 Å². The number of nitro benzene ring substituents is 1. The van der Waals surface area contributed by atoms with Gasteiger partial charge in [-0.2, -0.15) is 5.10 Å². The molecule has 1 unspecified atom stereocenters. The highest BCUT2D eigenvalue weighted by Crippen LogP contribution is 2.20. The standard InChI is InChI=1S/C17H14N6O4S/c18-17(28)22-21-13(15(24)9-4-2-1-3-5-9)14-16(25)20-12-8-10(23(26)27)6-7-11(12)19-14/h1-8,15,24H,(H,20,25)(H3,18,22,28). The number of nitrogens with zero attached hydrogens (tertiary/aromatic N) is 3. The highest BCUT2D eigenvalue weighted by atomic mass is 32.1. The number of hydrazone groups is 1. The first kappa shape index (κ1) is 19.1. The number of aliphatic hydroxyl groups is 1. The molecule has 0 aliphatic heterocycles. The van der Waals surface area contributed by atoms with Gasteiger partial charge in [-0.15, -0.1) is 0 Å². The van der Waals surface area contributed by atoms with Crippen molar-refractivity contribution < 1.29 is 10.0 Å². The molecule has 11 heteroatoms. The lowest BCUT2D eigenvalue weighted by Gasteiger charge is -2.14. The van der Waals surface area contributed by atoms with E-state index in [1.165, 1.54) is 18.2 Å². The van der Waals surface area contributed by atoms with E-state index in [4.69, 9.17) is 18.0 Å². The fourth-order valence-corrected chi connectivity index (χ4v) is 2.56. The van der Waals surface area contributed by atoms with Crippen LogP contribution in [-0.4, -0.2) is 30.8 Å². The summed E-state index contributed by atoms with van der Waals surface area (Å²) in [5.74, 6) is 0. The van der Waals surface area contributed by atoms with Crippen molar-refractivity contribution in [3.63, 3.8) is 0 Å². The lowest BCUT2D eigenvalue weighted by Crippen LogP contribution is -2.31. The Kier molecular flexibility index (Phi) is 5.38. The number of aliphatic hydroxyl groups excluding tert-OH is 1. The molecule has 28 heavy (non-hydrogen) atoms. The van der Waals surface area contributed by atoms with E-state index in [1.807, 2.05) is 0 Å². The molecule has 2 aromatic carbocycles. The summed E-state index contributed by atoms with van der Waals surface area (Å²) in [5.41, 5.74) is 7.50. The van der Waals surface area contributed by atoms with Crippen LogP contribution in [0.1, 0.15) is 17.4 Å². The summed E-state index contributed by atoms with van der Waals surface area (Å²) >= 11 is 4.72. The monoisotopic (exact) mass is 398 g/mol. The van der Waals surface area contributed by atoms with Crippen LogP contribution in [0, 0.1) is 10.1 Å². The molecular weight excluding hydrogens is 384 g/mol. The molecule has 0 saturated carbocycles. The second-order valence-corrected chi connectivity index (χ2v) is 6.10. The highest BCUT2D eigenvalue weighted by molar-refractivity contribution is 7.80. The molecule has 0 saturated heterocycles. The van der Waals surface area contributed by atoms with Crippen molar-refractivity contribution >= 4 is 39.8 Å². The second kappa shape index (κ2) is 7.90. The van der Waals surface area contributed by atoms with Gasteiger partial charge in [-0.25, -0.2) is 4.98 Å². The molecule has 5 N–H and O–H groups in total. The van der Waals surface area contributed by atoms with Gasteiger partial charge in [0.1, 0.15) is 11.8 Å². The maximum Gasteiger partial charge on any atom is 0.276 e. The smallest absolute Gasteiger partial charge is 0.276 e. The maximum atomic E-state index is 12.6. The first-order valence-electron chi connectivity index (χ1n) is 7.91. The quantitative estimate of drug-likeness (QED) is 0.215. The van der Waals surface area contributed by atoms with E-state index in [9.17, 15) is 20.0 Å². The molecule has 0 fully saturated rings. The van der Waals surface area contributed by atoms with Crippen LogP contribution in [0.15, 0.2) is 58.4 Å². The molecule has 0 amide bonds. The van der Waals surface area contributed by atoms with E-state index >= 15 is 0 Å². The molecule has 3 aromatic rings. The van der Waals surface area contributed by atoms with Gasteiger partial charge in [0, 0.05) is 12.1 Å². The van der Waals surface area contributed by atoms with Crippen LogP contribution in [0.5, 0.6) is 0 Å². The normalized spacial score (nSPS) is 12.5. The van der Waals surface area contributed by atoms with Gasteiger partial charge >= 0.3 is 0 Å². The van der Waals surface area contributed by atoms with E-state index in [2.05, 4.69) is 20.5 Å². The second-order valence-electron chi connectivity index (χ2n) is 5.66. The summed E-state index contributed by atoms with van der Waals surface area (Å²) in [6.45, 7) is 0. The zero-order valence-corrected chi connectivity index (χ0v) is 15.0. The third kappa shape index (κ3) is 4.00. The van der Waals surface area contributed by atoms with Gasteiger partial charge in [-0.05, 0) is 23.8 Å². The summed E-state index contributed by atoms with van der Waals surface area (Å²) in [6.07, 6.45) is -1.30. The Bertz CT molecular complexity index is 1150. The number of nitrogens with one attached hydrogen (secondary N) is 2. The van der Waals surface area contributed by atoms with Gasteiger partial charge in [0.25, 0.3) is 11.2 Å². The summed E-state index contributed by atoms with van der Waals surface area (Å²) < 4.78 is 0. The molecule has 1 atom stereocenters. The SMILES string of the molecule is NC(=S)NN=C(c1nc2ccc([N+](=O)[O-])cc2[nH]c1=O)C(O)c1ccccc1. The average Bonchev–Trinajstić information content (AvgIpc) is 2.68. The predicted molar refractivity (Wildman–Crippen MR) is 107 cm³/mol. The van der Waals surface area contributed by atoms with E-state index in [1.54, 1.807) is 30.3 Å². The zero-order valence-electron chi connectivity index (χ0n) is 14.2. The molecule has 0 aliphatic carbocycles. The van der Waals surface area contributed by atoms with Crippen LogP contribution < -0.4 is 16.7 Å². The van der Waals surface area contributed by atoms with Crippen molar-refractivity contribution in [3.8, 4) is 0 Å². The minimum atomic E-state index is -1.30.